The monoisotopic (exact) mass is 429 g/mol. The van der Waals surface area contributed by atoms with Gasteiger partial charge in [0.15, 0.2) is 0 Å². The van der Waals surface area contributed by atoms with Crippen LogP contribution in [-0.4, -0.2) is 21.6 Å². The molecule has 0 bridgehead atoms. The van der Waals surface area contributed by atoms with Crippen molar-refractivity contribution in [2.75, 3.05) is 6.54 Å². The largest absolute Gasteiger partial charge is 0.411 e. The fourth-order valence-corrected chi connectivity index (χ4v) is 3.85. The number of rotatable bonds is 6. The number of allylic oxidation sites excluding steroid dienone is 2. The van der Waals surface area contributed by atoms with Gasteiger partial charge in [0.1, 0.15) is 0 Å². The SMILES string of the molecule is Clc1ccc(CSc2nnc(C3=CN(Cc4ccccc4)CC=C3)o2)cc1Cl. The number of halogens is 2. The molecule has 1 aliphatic rings. The van der Waals surface area contributed by atoms with Crippen molar-refractivity contribution < 1.29 is 4.42 Å². The van der Waals surface area contributed by atoms with Gasteiger partial charge in [-0.25, -0.2) is 0 Å². The summed E-state index contributed by atoms with van der Waals surface area (Å²) < 4.78 is 5.83. The minimum Gasteiger partial charge on any atom is -0.411 e. The molecule has 4 nitrogen and oxygen atoms in total. The smallest absolute Gasteiger partial charge is 0.277 e. The van der Waals surface area contributed by atoms with Crippen LogP contribution in [0.2, 0.25) is 10.0 Å². The number of aromatic nitrogens is 2. The summed E-state index contributed by atoms with van der Waals surface area (Å²) in [5.41, 5.74) is 3.22. The van der Waals surface area contributed by atoms with Crippen molar-refractivity contribution in [2.45, 2.75) is 17.5 Å². The van der Waals surface area contributed by atoms with E-state index in [1.807, 2.05) is 24.3 Å². The number of thioether (sulfide) groups is 1. The van der Waals surface area contributed by atoms with Crippen LogP contribution in [0.1, 0.15) is 17.0 Å². The maximum absolute atomic E-state index is 6.06. The fraction of sp³-hybridized carbons (Fsp3) is 0.143. The van der Waals surface area contributed by atoms with Gasteiger partial charge in [-0.3, -0.25) is 0 Å². The zero-order valence-corrected chi connectivity index (χ0v) is 17.2. The Balaban J connectivity index is 1.41. The summed E-state index contributed by atoms with van der Waals surface area (Å²) in [6.07, 6.45) is 6.18. The van der Waals surface area contributed by atoms with Gasteiger partial charge in [-0.05, 0) is 23.3 Å². The van der Waals surface area contributed by atoms with E-state index in [0.717, 1.165) is 24.2 Å². The summed E-state index contributed by atoms with van der Waals surface area (Å²) >= 11 is 13.5. The first-order valence-electron chi connectivity index (χ1n) is 8.74. The topological polar surface area (TPSA) is 42.2 Å². The molecule has 0 radical (unpaired) electrons. The lowest BCUT2D eigenvalue weighted by molar-refractivity contribution is 0.402. The molecule has 0 saturated heterocycles. The summed E-state index contributed by atoms with van der Waals surface area (Å²) in [4.78, 5) is 2.22. The van der Waals surface area contributed by atoms with Crippen molar-refractivity contribution in [3.05, 3.63) is 93.9 Å². The molecule has 4 rings (SSSR count). The number of nitrogens with zero attached hydrogens (tertiary/aromatic N) is 3. The first-order chi connectivity index (χ1) is 13.7. The first kappa shape index (κ1) is 19.1. The minimum absolute atomic E-state index is 0.519. The Labute approximate surface area is 177 Å². The van der Waals surface area contributed by atoms with E-state index in [1.54, 1.807) is 6.07 Å². The van der Waals surface area contributed by atoms with E-state index in [-0.39, 0.29) is 0 Å². The zero-order chi connectivity index (χ0) is 19.3. The molecule has 7 heteroatoms. The first-order valence-corrected chi connectivity index (χ1v) is 10.5. The van der Waals surface area contributed by atoms with Crippen molar-refractivity contribution in [1.82, 2.24) is 15.1 Å². The van der Waals surface area contributed by atoms with Gasteiger partial charge in [-0.15, -0.1) is 10.2 Å². The third kappa shape index (κ3) is 4.79. The molecule has 2 aromatic carbocycles. The molecule has 142 valence electrons. The number of hydrogen-bond donors (Lipinski definition) is 0. The van der Waals surface area contributed by atoms with E-state index in [9.17, 15) is 0 Å². The highest BCUT2D eigenvalue weighted by Crippen LogP contribution is 2.28. The average molecular weight is 430 g/mol. The fourth-order valence-electron chi connectivity index (χ4n) is 2.82. The van der Waals surface area contributed by atoms with Gasteiger partial charge >= 0.3 is 0 Å². The highest BCUT2D eigenvalue weighted by molar-refractivity contribution is 7.98. The molecule has 0 unspecified atom stereocenters. The van der Waals surface area contributed by atoms with Crippen LogP contribution in [-0.2, 0) is 12.3 Å². The lowest BCUT2D eigenvalue weighted by Gasteiger charge is -2.22. The molecular weight excluding hydrogens is 413 g/mol. The van der Waals surface area contributed by atoms with Crippen LogP contribution < -0.4 is 0 Å². The van der Waals surface area contributed by atoms with Gasteiger partial charge in [0.05, 0.1) is 15.6 Å². The van der Waals surface area contributed by atoms with Crippen molar-refractivity contribution >= 4 is 40.5 Å². The van der Waals surface area contributed by atoms with E-state index in [4.69, 9.17) is 27.6 Å². The molecule has 1 aromatic heterocycles. The van der Waals surface area contributed by atoms with Crippen molar-refractivity contribution in [3.63, 3.8) is 0 Å². The highest BCUT2D eigenvalue weighted by Gasteiger charge is 2.14. The van der Waals surface area contributed by atoms with E-state index < -0.39 is 0 Å². The molecule has 0 spiro atoms. The summed E-state index contributed by atoms with van der Waals surface area (Å²) in [5.74, 6) is 1.19. The van der Waals surface area contributed by atoms with Crippen molar-refractivity contribution in [2.24, 2.45) is 0 Å². The van der Waals surface area contributed by atoms with Crippen molar-refractivity contribution in [3.8, 4) is 0 Å². The quantitative estimate of drug-likeness (QED) is 0.444. The second-order valence-electron chi connectivity index (χ2n) is 6.31. The third-order valence-corrected chi connectivity index (χ3v) is 5.82. The van der Waals surface area contributed by atoms with Gasteiger partial charge in [0.2, 0.25) is 5.89 Å². The van der Waals surface area contributed by atoms with Gasteiger partial charge in [0, 0.05) is 25.0 Å². The van der Waals surface area contributed by atoms with E-state index >= 15 is 0 Å². The van der Waals surface area contributed by atoms with Crippen LogP contribution >= 0.6 is 35.0 Å². The Bertz CT molecular complexity index is 1020. The second-order valence-corrected chi connectivity index (χ2v) is 8.05. The lowest BCUT2D eigenvalue weighted by Crippen LogP contribution is -2.19. The van der Waals surface area contributed by atoms with Crippen LogP contribution in [0, 0.1) is 0 Å². The standard InChI is InChI=1S/C21H17Cl2N3OS/c22-18-9-8-16(11-19(18)23)14-28-21-25-24-20(27-21)17-7-4-10-26(13-17)12-15-5-2-1-3-6-15/h1-9,11,13H,10,12,14H2. The summed E-state index contributed by atoms with van der Waals surface area (Å²) in [6, 6.07) is 15.9. The van der Waals surface area contributed by atoms with Gasteiger partial charge in [0.25, 0.3) is 5.22 Å². The maximum Gasteiger partial charge on any atom is 0.277 e. The van der Waals surface area contributed by atoms with Crippen LogP contribution in [0.25, 0.3) is 5.57 Å². The van der Waals surface area contributed by atoms with E-state index in [0.29, 0.717) is 26.9 Å². The molecule has 0 aliphatic carbocycles. The van der Waals surface area contributed by atoms with Gasteiger partial charge < -0.3 is 9.32 Å². The van der Waals surface area contributed by atoms with Gasteiger partial charge in [-0.2, -0.15) is 0 Å². The lowest BCUT2D eigenvalue weighted by atomic mass is 10.1. The molecule has 0 fully saturated rings. The molecule has 28 heavy (non-hydrogen) atoms. The number of benzene rings is 2. The summed E-state index contributed by atoms with van der Waals surface area (Å²) in [6.45, 7) is 1.69. The summed E-state index contributed by atoms with van der Waals surface area (Å²) in [7, 11) is 0. The average Bonchev–Trinajstić information content (AvgIpc) is 3.19. The molecule has 0 amide bonds. The Morgan fingerprint density at radius 2 is 1.86 bits per heavy atom. The maximum atomic E-state index is 6.06. The van der Waals surface area contributed by atoms with E-state index in [2.05, 4.69) is 51.6 Å². The predicted octanol–water partition coefficient (Wildman–Crippen LogP) is 6.08. The minimum atomic E-state index is 0.519. The van der Waals surface area contributed by atoms with Crippen LogP contribution in [0.5, 0.6) is 0 Å². The molecule has 3 aromatic rings. The Kier molecular flexibility index (Phi) is 6.05. The zero-order valence-electron chi connectivity index (χ0n) is 14.9. The third-order valence-electron chi connectivity index (χ3n) is 4.19. The summed E-state index contributed by atoms with van der Waals surface area (Å²) in [5, 5.41) is 9.96. The van der Waals surface area contributed by atoms with Crippen LogP contribution in [0.15, 0.2) is 76.5 Å². The Morgan fingerprint density at radius 1 is 1.00 bits per heavy atom. The predicted molar refractivity (Wildman–Crippen MR) is 114 cm³/mol. The Hall–Kier alpha value is -2.21. The second kappa shape index (κ2) is 8.86. The molecule has 1 aliphatic heterocycles. The van der Waals surface area contributed by atoms with Crippen LogP contribution in [0.4, 0.5) is 0 Å². The molecule has 2 heterocycles. The Morgan fingerprint density at radius 3 is 2.68 bits per heavy atom. The molecule has 0 atom stereocenters. The molecule has 0 saturated carbocycles. The van der Waals surface area contributed by atoms with Crippen LogP contribution in [0.3, 0.4) is 0 Å². The van der Waals surface area contributed by atoms with Crippen molar-refractivity contribution in [1.29, 1.82) is 0 Å². The number of hydrogen-bond acceptors (Lipinski definition) is 5. The molecular formula is C21H17Cl2N3OS. The van der Waals surface area contributed by atoms with Gasteiger partial charge in [-0.1, -0.05) is 83.5 Å². The van der Waals surface area contributed by atoms with E-state index in [1.165, 1.54) is 17.3 Å². The normalized spacial score (nSPS) is 13.6. The highest BCUT2D eigenvalue weighted by atomic mass is 35.5. The molecule has 0 N–H and O–H groups in total.